The molecule has 1 aromatic heterocycles. The minimum Gasteiger partial charge on any atom is -0.495 e. The first-order chi connectivity index (χ1) is 13.7. The van der Waals surface area contributed by atoms with Gasteiger partial charge in [-0.05, 0) is 43.4 Å². The van der Waals surface area contributed by atoms with E-state index in [1.807, 2.05) is 12.1 Å². The van der Waals surface area contributed by atoms with Gasteiger partial charge in [-0.1, -0.05) is 36.6 Å². The summed E-state index contributed by atoms with van der Waals surface area (Å²) in [6, 6.07) is 7.31. The molecule has 28 heavy (non-hydrogen) atoms. The normalized spacial score (nSPS) is 22.5. The minimum atomic E-state index is -0.195. The molecule has 0 spiro atoms. The Bertz CT molecular complexity index is 806. The summed E-state index contributed by atoms with van der Waals surface area (Å²) in [5, 5.41) is 6.82. The van der Waals surface area contributed by atoms with E-state index in [0.29, 0.717) is 29.7 Å². The summed E-state index contributed by atoms with van der Waals surface area (Å²) in [7, 11) is 1.58. The van der Waals surface area contributed by atoms with Crippen molar-refractivity contribution in [2.75, 3.05) is 25.5 Å². The van der Waals surface area contributed by atoms with Gasteiger partial charge in [-0.15, -0.1) is 0 Å². The number of methoxy groups -OCH3 is 1. The van der Waals surface area contributed by atoms with E-state index in [2.05, 4.69) is 20.4 Å². The van der Waals surface area contributed by atoms with Crippen LogP contribution in [0.2, 0.25) is 0 Å². The standard InChI is InChI=1S/C21H28N4O3/c1-27-18-9-5-4-8-17(18)22-20(26)12-19-23-21(28-24-19)14-25-11-10-15-6-2-3-7-16(15)13-25/h4-5,8-9,15-16H,2-3,6-7,10-14H2,1H3,(H,22,26)/t15-,16-/m0/s1. The Morgan fingerprint density at radius 1 is 1.25 bits per heavy atom. The first-order valence-corrected chi connectivity index (χ1v) is 10.2. The Balaban J connectivity index is 1.30. The lowest BCUT2D eigenvalue weighted by Gasteiger charge is -2.40. The highest BCUT2D eigenvalue weighted by molar-refractivity contribution is 5.93. The fourth-order valence-electron chi connectivity index (χ4n) is 4.52. The SMILES string of the molecule is COc1ccccc1NC(=O)Cc1noc(CN2CC[C@@H]3CCCC[C@H]3C2)n1. The number of anilines is 1. The number of carbonyl (C=O) groups is 1. The van der Waals surface area contributed by atoms with Crippen LogP contribution in [0.25, 0.3) is 0 Å². The number of hydrogen-bond donors (Lipinski definition) is 1. The van der Waals surface area contributed by atoms with Crippen molar-refractivity contribution in [3.8, 4) is 5.75 Å². The lowest BCUT2D eigenvalue weighted by Crippen LogP contribution is -2.41. The summed E-state index contributed by atoms with van der Waals surface area (Å²) in [5.41, 5.74) is 0.633. The van der Waals surface area contributed by atoms with Crippen LogP contribution in [-0.2, 0) is 17.8 Å². The number of likely N-dealkylation sites (tertiary alicyclic amines) is 1. The Morgan fingerprint density at radius 2 is 2.07 bits per heavy atom. The third-order valence-electron chi connectivity index (χ3n) is 5.94. The molecule has 2 atom stereocenters. The van der Waals surface area contributed by atoms with Gasteiger partial charge in [0.25, 0.3) is 0 Å². The van der Waals surface area contributed by atoms with Gasteiger partial charge in [0.05, 0.1) is 25.8 Å². The molecule has 0 bridgehead atoms. The van der Waals surface area contributed by atoms with Crippen molar-refractivity contribution < 1.29 is 14.1 Å². The maximum Gasteiger partial charge on any atom is 0.240 e. The average molecular weight is 384 g/mol. The monoisotopic (exact) mass is 384 g/mol. The van der Waals surface area contributed by atoms with Crippen LogP contribution in [-0.4, -0.2) is 41.1 Å². The number of fused-ring (bicyclic) bond motifs is 1. The number of aromatic nitrogens is 2. The smallest absolute Gasteiger partial charge is 0.240 e. The zero-order chi connectivity index (χ0) is 19.3. The summed E-state index contributed by atoms with van der Waals surface area (Å²) in [6.07, 6.45) is 6.84. The number of hydrogen-bond acceptors (Lipinski definition) is 6. The molecule has 7 heteroatoms. The zero-order valence-corrected chi connectivity index (χ0v) is 16.4. The molecule has 1 amide bonds. The topological polar surface area (TPSA) is 80.5 Å². The molecule has 7 nitrogen and oxygen atoms in total. The molecule has 2 heterocycles. The number of rotatable bonds is 6. The summed E-state index contributed by atoms with van der Waals surface area (Å²) in [4.78, 5) is 19.1. The molecule has 1 saturated heterocycles. The highest BCUT2D eigenvalue weighted by atomic mass is 16.5. The maximum atomic E-state index is 12.3. The molecule has 0 radical (unpaired) electrons. The van der Waals surface area contributed by atoms with Gasteiger partial charge in [0.1, 0.15) is 5.75 Å². The van der Waals surface area contributed by atoms with Crippen LogP contribution in [0.4, 0.5) is 5.69 Å². The Hall–Kier alpha value is -2.41. The van der Waals surface area contributed by atoms with E-state index in [4.69, 9.17) is 9.26 Å². The van der Waals surface area contributed by atoms with Gasteiger partial charge in [0.2, 0.25) is 11.8 Å². The molecule has 1 aromatic carbocycles. The molecular formula is C21H28N4O3. The summed E-state index contributed by atoms with van der Waals surface area (Å²) >= 11 is 0. The predicted octanol–water partition coefficient (Wildman–Crippen LogP) is 3.27. The number of nitrogens with one attached hydrogen (secondary N) is 1. The van der Waals surface area contributed by atoms with Gasteiger partial charge >= 0.3 is 0 Å². The number of piperidine rings is 1. The molecule has 2 aliphatic rings. The van der Waals surface area contributed by atoms with Gasteiger partial charge in [-0.2, -0.15) is 4.98 Å². The first kappa shape index (κ1) is 18.9. The molecular weight excluding hydrogens is 356 g/mol. The van der Waals surface area contributed by atoms with Crippen molar-refractivity contribution in [3.63, 3.8) is 0 Å². The Labute approximate surface area is 165 Å². The van der Waals surface area contributed by atoms with Crippen molar-refractivity contribution in [2.45, 2.75) is 45.1 Å². The molecule has 1 N–H and O–H groups in total. The largest absolute Gasteiger partial charge is 0.495 e. The van der Waals surface area contributed by atoms with Crippen LogP contribution in [0.3, 0.4) is 0 Å². The van der Waals surface area contributed by atoms with Crippen molar-refractivity contribution in [1.82, 2.24) is 15.0 Å². The zero-order valence-electron chi connectivity index (χ0n) is 16.4. The fraction of sp³-hybridized carbons (Fsp3) is 0.571. The van der Waals surface area contributed by atoms with Crippen LogP contribution < -0.4 is 10.1 Å². The molecule has 1 saturated carbocycles. The number of ether oxygens (including phenoxy) is 1. The molecule has 150 valence electrons. The third kappa shape index (κ3) is 4.52. The van der Waals surface area contributed by atoms with E-state index in [1.54, 1.807) is 19.2 Å². The van der Waals surface area contributed by atoms with Gasteiger partial charge in [0, 0.05) is 6.54 Å². The van der Waals surface area contributed by atoms with Crippen molar-refractivity contribution in [1.29, 1.82) is 0 Å². The van der Waals surface area contributed by atoms with E-state index < -0.39 is 0 Å². The first-order valence-electron chi connectivity index (χ1n) is 10.2. The molecule has 2 fully saturated rings. The van der Waals surface area contributed by atoms with E-state index in [0.717, 1.165) is 24.9 Å². The number of para-hydroxylation sites is 2. The summed E-state index contributed by atoms with van der Waals surface area (Å²) in [5.74, 6) is 3.15. The van der Waals surface area contributed by atoms with Crippen LogP contribution in [0.5, 0.6) is 5.75 Å². The molecule has 2 aromatic rings. The van der Waals surface area contributed by atoms with Gasteiger partial charge in [0.15, 0.2) is 5.82 Å². The summed E-state index contributed by atoms with van der Waals surface area (Å²) in [6.45, 7) is 2.88. The molecule has 4 rings (SSSR count). The number of nitrogens with zero attached hydrogens (tertiary/aromatic N) is 3. The lowest BCUT2D eigenvalue weighted by molar-refractivity contribution is -0.115. The van der Waals surface area contributed by atoms with Crippen molar-refractivity contribution in [2.24, 2.45) is 11.8 Å². The minimum absolute atomic E-state index is 0.0756. The van der Waals surface area contributed by atoms with Crippen LogP contribution in [0.1, 0.15) is 43.8 Å². The second-order valence-corrected chi connectivity index (χ2v) is 7.86. The highest BCUT2D eigenvalue weighted by Crippen LogP contribution is 2.36. The van der Waals surface area contributed by atoms with Crippen LogP contribution >= 0.6 is 0 Å². The predicted molar refractivity (Wildman–Crippen MR) is 105 cm³/mol. The van der Waals surface area contributed by atoms with Crippen LogP contribution in [0, 0.1) is 11.8 Å². The van der Waals surface area contributed by atoms with Crippen LogP contribution in [0.15, 0.2) is 28.8 Å². The van der Waals surface area contributed by atoms with E-state index in [1.165, 1.54) is 32.1 Å². The van der Waals surface area contributed by atoms with Gasteiger partial charge in [-0.3, -0.25) is 9.69 Å². The van der Waals surface area contributed by atoms with E-state index >= 15 is 0 Å². The fourth-order valence-corrected chi connectivity index (χ4v) is 4.52. The van der Waals surface area contributed by atoms with Crippen molar-refractivity contribution in [3.05, 3.63) is 36.0 Å². The number of carbonyl (C=O) groups excluding carboxylic acids is 1. The molecule has 1 aliphatic heterocycles. The van der Waals surface area contributed by atoms with Crippen molar-refractivity contribution >= 4 is 11.6 Å². The number of amides is 1. The Kier molecular flexibility index (Phi) is 5.90. The quantitative estimate of drug-likeness (QED) is 0.823. The second-order valence-electron chi connectivity index (χ2n) is 7.86. The summed E-state index contributed by atoms with van der Waals surface area (Å²) < 4.78 is 10.6. The van der Waals surface area contributed by atoms with Gasteiger partial charge < -0.3 is 14.6 Å². The average Bonchev–Trinajstić information content (AvgIpc) is 3.14. The van der Waals surface area contributed by atoms with E-state index in [9.17, 15) is 4.79 Å². The lowest BCUT2D eigenvalue weighted by atomic mass is 9.75. The van der Waals surface area contributed by atoms with E-state index in [-0.39, 0.29) is 12.3 Å². The highest BCUT2D eigenvalue weighted by Gasteiger charge is 2.31. The second kappa shape index (κ2) is 8.73. The molecule has 0 unspecified atom stereocenters. The number of benzene rings is 1. The third-order valence-corrected chi connectivity index (χ3v) is 5.94. The van der Waals surface area contributed by atoms with Gasteiger partial charge in [-0.25, -0.2) is 0 Å². The molecule has 1 aliphatic carbocycles. The maximum absolute atomic E-state index is 12.3. The Morgan fingerprint density at radius 3 is 2.93 bits per heavy atom.